The topological polar surface area (TPSA) is 74.7 Å². The molecule has 2 aromatic heterocycles. The van der Waals surface area contributed by atoms with E-state index in [4.69, 9.17) is 4.74 Å². The fourth-order valence-corrected chi connectivity index (χ4v) is 7.59. The molecule has 1 amide bonds. The maximum absolute atomic E-state index is 16.3. The first kappa shape index (κ1) is 32.7. The number of likely N-dealkylation sites (N-methyl/N-ethyl adjacent to an activating group) is 1. The van der Waals surface area contributed by atoms with E-state index in [2.05, 4.69) is 26.4 Å². The molecule has 3 aliphatic heterocycles. The van der Waals surface area contributed by atoms with Gasteiger partial charge in [-0.15, -0.1) is 0 Å². The number of amides is 1. The number of nitrogens with zero attached hydrogens (tertiary/aromatic N) is 6. The van der Waals surface area contributed by atoms with Crippen LogP contribution in [0.2, 0.25) is 0 Å². The quantitative estimate of drug-likeness (QED) is 0.222. The first-order valence-corrected chi connectivity index (χ1v) is 16.3. The second-order valence-corrected chi connectivity index (χ2v) is 12.6. The van der Waals surface area contributed by atoms with Crippen LogP contribution in [-0.2, 0) is 11.2 Å². The van der Waals surface area contributed by atoms with E-state index in [1.807, 2.05) is 31.9 Å². The number of hydrogen-bond donors (Lipinski definition) is 0. The molecule has 0 aliphatic carbocycles. The fourth-order valence-electron chi connectivity index (χ4n) is 7.59. The average molecular weight is 647 g/mol. The Bertz CT molecular complexity index is 1810. The standard InChI is InChI=1S/C29H29F2N5O2.C7H12FN/c1-6-18-21(30)12-11-17-9-8-10-19(24(17)18)26-25(31)27-20(15-32-26)28(34-29(33-27)38-5)35(4)22-13-14-36(16(22)3)23(37)7-2;8-6-4-7-2-1-3-9(7)5-6/h7-12,15-16,22H,2,6,13-14H2,1,3-5H3;6-7H,1-5H2. The van der Waals surface area contributed by atoms with Gasteiger partial charge in [-0.3, -0.25) is 14.7 Å². The molecule has 248 valence electrons. The summed E-state index contributed by atoms with van der Waals surface area (Å²) in [7, 11) is 3.28. The van der Waals surface area contributed by atoms with Crippen LogP contribution in [0.4, 0.5) is 19.0 Å². The van der Waals surface area contributed by atoms with Crippen molar-refractivity contribution in [3.8, 4) is 17.3 Å². The molecule has 4 atom stereocenters. The molecule has 0 N–H and O–H groups in total. The molecule has 47 heavy (non-hydrogen) atoms. The highest BCUT2D eigenvalue weighted by Gasteiger charge is 2.37. The molecular weight excluding hydrogens is 605 g/mol. The van der Waals surface area contributed by atoms with Crippen LogP contribution in [0.25, 0.3) is 32.9 Å². The van der Waals surface area contributed by atoms with Crippen LogP contribution in [0.5, 0.6) is 6.01 Å². The number of ether oxygens (including phenoxy) is 1. The molecule has 2 aromatic carbocycles. The van der Waals surface area contributed by atoms with E-state index in [1.54, 1.807) is 29.3 Å². The third-order valence-electron chi connectivity index (χ3n) is 9.99. The molecule has 0 radical (unpaired) electrons. The van der Waals surface area contributed by atoms with Crippen molar-refractivity contribution in [2.75, 3.05) is 38.7 Å². The van der Waals surface area contributed by atoms with Gasteiger partial charge in [-0.1, -0.05) is 37.8 Å². The minimum Gasteiger partial charge on any atom is -0.467 e. The summed E-state index contributed by atoms with van der Waals surface area (Å²) in [5.74, 6) is -0.655. The molecule has 0 saturated carbocycles. The number of carbonyl (C=O) groups excluding carboxylic acids is 1. The van der Waals surface area contributed by atoms with E-state index in [0.29, 0.717) is 59.7 Å². The second-order valence-electron chi connectivity index (χ2n) is 12.6. The lowest BCUT2D eigenvalue weighted by atomic mass is 9.95. The summed E-state index contributed by atoms with van der Waals surface area (Å²) in [4.78, 5) is 31.6. The second kappa shape index (κ2) is 13.5. The minimum absolute atomic E-state index is 0.0123. The highest BCUT2D eigenvalue weighted by molar-refractivity contribution is 6.01. The molecule has 0 spiro atoms. The van der Waals surface area contributed by atoms with Crippen molar-refractivity contribution >= 4 is 33.4 Å². The van der Waals surface area contributed by atoms with E-state index in [9.17, 15) is 13.6 Å². The van der Waals surface area contributed by atoms with E-state index >= 15 is 4.39 Å². The fraction of sp³-hybridized carbons (Fsp3) is 0.444. The van der Waals surface area contributed by atoms with E-state index < -0.39 is 12.0 Å². The molecule has 8 nitrogen and oxygen atoms in total. The molecule has 3 aliphatic rings. The smallest absolute Gasteiger partial charge is 0.318 e. The number of fused-ring (bicyclic) bond motifs is 3. The minimum atomic E-state index is -0.639. The van der Waals surface area contributed by atoms with Crippen LogP contribution < -0.4 is 9.64 Å². The Morgan fingerprint density at radius 2 is 1.98 bits per heavy atom. The highest BCUT2D eigenvalue weighted by Crippen LogP contribution is 2.38. The number of aromatic nitrogens is 3. The summed E-state index contributed by atoms with van der Waals surface area (Å²) < 4.78 is 48.9. The van der Waals surface area contributed by atoms with Gasteiger partial charge in [0.1, 0.15) is 29.0 Å². The molecule has 7 rings (SSSR count). The van der Waals surface area contributed by atoms with E-state index in [1.165, 1.54) is 32.1 Å². The number of hydrogen-bond acceptors (Lipinski definition) is 7. The largest absolute Gasteiger partial charge is 0.467 e. The Morgan fingerprint density at radius 1 is 1.17 bits per heavy atom. The van der Waals surface area contributed by atoms with Crippen molar-refractivity contribution in [2.45, 2.75) is 70.2 Å². The van der Waals surface area contributed by atoms with Crippen LogP contribution in [0.15, 0.2) is 49.2 Å². The van der Waals surface area contributed by atoms with Gasteiger partial charge in [0, 0.05) is 44.0 Å². The molecule has 4 aromatic rings. The van der Waals surface area contributed by atoms with Crippen LogP contribution in [0, 0.1) is 11.6 Å². The summed E-state index contributed by atoms with van der Waals surface area (Å²) in [6.45, 7) is 9.87. The van der Waals surface area contributed by atoms with Gasteiger partial charge in [0.05, 0.1) is 18.5 Å². The summed E-state index contributed by atoms with van der Waals surface area (Å²) in [5.41, 5.74) is 1.14. The van der Waals surface area contributed by atoms with Crippen molar-refractivity contribution in [3.05, 3.63) is 66.4 Å². The van der Waals surface area contributed by atoms with Crippen molar-refractivity contribution in [1.29, 1.82) is 0 Å². The molecular formula is C36H41F3N6O2. The lowest BCUT2D eigenvalue weighted by Gasteiger charge is -2.31. The number of halogens is 3. The molecule has 0 bridgehead atoms. The number of alkyl halides is 1. The van der Waals surface area contributed by atoms with Gasteiger partial charge in [0.15, 0.2) is 5.82 Å². The Balaban J connectivity index is 0.000000366. The number of benzene rings is 2. The average Bonchev–Trinajstić information content (AvgIpc) is 3.78. The van der Waals surface area contributed by atoms with Gasteiger partial charge in [-0.2, -0.15) is 9.97 Å². The number of pyridine rings is 1. The zero-order valence-corrected chi connectivity index (χ0v) is 27.3. The lowest BCUT2D eigenvalue weighted by Crippen LogP contribution is -2.43. The summed E-state index contributed by atoms with van der Waals surface area (Å²) in [5, 5.41) is 1.85. The molecule has 11 heteroatoms. The van der Waals surface area contributed by atoms with Gasteiger partial charge >= 0.3 is 6.01 Å². The number of likely N-dealkylation sites (tertiary alicyclic amines) is 1. The predicted octanol–water partition coefficient (Wildman–Crippen LogP) is 6.50. The van der Waals surface area contributed by atoms with Crippen molar-refractivity contribution in [3.63, 3.8) is 0 Å². The third kappa shape index (κ3) is 6.01. The Kier molecular flexibility index (Phi) is 9.36. The van der Waals surface area contributed by atoms with Crippen LogP contribution in [0.1, 0.15) is 45.1 Å². The maximum Gasteiger partial charge on any atom is 0.318 e. The summed E-state index contributed by atoms with van der Waals surface area (Å²) >= 11 is 0. The maximum atomic E-state index is 16.3. The SMILES string of the molecule is C=CC(=O)N1CCC(N(C)c2nc(OC)nc3c(F)c(-c4cccc5ccc(F)c(CC)c45)ncc23)C1C.FC1CC2CCCN2C1. The number of aryl methyl sites for hydroxylation is 1. The molecule has 3 fully saturated rings. The Labute approximate surface area is 273 Å². The predicted molar refractivity (Wildman–Crippen MR) is 178 cm³/mol. The van der Waals surface area contributed by atoms with Crippen LogP contribution >= 0.6 is 0 Å². The molecule has 5 heterocycles. The van der Waals surface area contributed by atoms with Crippen molar-refractivity contribution in [1.82, 2.24) is 24.8 Å². The number of methoxy groups -OCH3 is 1. The lowest BCUT2D eigenvalue weighted by molar-refractivity contribution is -0.126. The zero-order valence-electron chi connectivity index (χ0n) is 27.3. The van der Waals surface area contributed by atoms with Crippen molar-refractivity contribution in [2.24, 2.45) is 0 Å². The first-order chi connectivity index (χ1) is 22.7. The van der Waals surface area contributed by atoms with Gasteiger partial charge in [0.2, 0.25) is 5.91 Å². The van der Waals surface area contributed by atoms with Crippen LogP contribution in [0.3, 0.4) is 0 Å². The van der Waals surface area contributed by atoms with E-state index in [0.717, 1.165) is 18.4 Å². The molecule has 4 unspecified atom stereocenters. The number of carbonyl (C=O) groups is 1. The summed E-state index contributed by atoms with van der Waals surface area (Å²) in [6.07, 6.45) is 6.83. The number of rotatable bonds is 6. The molecule has 3 saturated heterocycles. The normalized spacial score (nSPS) is 22.3. The number of anilines is 1. The van der Waals surface area contributed by atoms with Gasteiger partial charge in [-0.05, 0) is 74.1 Å². The first-order valence-electron chi connectivity index (χ1n) is 16.3. The third-order valence-corrected chi connectivity index (χ3v) is 9.99. The Morgan fingerprint density at radius 3 is 2.70 bits per heavy atom. The highest BCUT2D eigenvalue weighted by atomic mass is 19.1. The van der Waals surface area contributed by atoms with Crippen LogP contribution in [-0.4, -0.2) is 88.7 Å². The van der Waals surface area contributed by atoms with Crippen molar-refractivity contribution < 1.29 is 22.7 Å². The monoisotopic (exact) mass is 646 g/mol. The van der Waals surface area contributed by atoms with E-state index in [-0.39, 0.29) is 41.0 Å². The Hall–Kier alpha value is -4.25. The zero-order chi connectivity index (χ0) is 33.4. The summed E-state index contributed by atoms with van der Waals surface area (Å²) in [6, 6.07) is 8.98. The van der Waals surface area contributed by atoms with Gasteiger partial charge in [0.25, 0.3) is 0 Å². The van der Waals surface area contributed by atoms with Gasteiger partial charge < -0.3 is 14.5 Å². The van der Waals surface area contributed by atoms with Gasteiger partial charge in [-0.25, -0.2) is 13.2 Å².